The first-order valence-electron chi connectivity index (χ1n) is 7.88. The summed E-state index contributed by atoms with van der Waals surface area (Å²) in [6.07, 6.45) is 6.33. The normalized spacial score (nSPS) is 27.3. The summed E-state index contributed by atoms with van der Waals surface area (Å²) in [5, 5.41) is 8.82. The fourth-order valence-electron chi connectivity index (χ4n) is 3.77. The van der Waals surface area contributed by atoms with E-state index in [0.29, 0.717) is 11.3 Å². The summed E-state index contributed by atoms with van der Waals surface area (Å²) >= 11 is 0. The van der Waals surface area contributed by atoms with Crippen LogP contribution in [-0.2, 0) is 9.59 Å². The van der Waals surface area contributed by atoms with Crippen molar-refractivity contribution in [2.45, 2.75) is 58.8 Å². The number of amides is 1. The smallest absolute Gasteiger partial charge is 0.303 e. The summed E-state index contributed by atoms with van der Waals surface area (Å²) < 4.78 is 0. The van der Waals surface area contributed by atoms with Gasteiger partial charge in [0.15, 0.2) is 0 Å². The summed E-state index contributed by atoms with van der Waals surface area (Å²) in [5.41, 5.74) is 0.292. The second-order valence-corrected chi connectivity index (χ2v) is 7.32. The highest BCUT2D eigenvalue weighted by Crippen LogP contribution is 2.39. The van der Waals surface area contributed by atoms with E-state index in [9.17, 15) is 9.59 Å². The zero-order chi connectivity index (χ0) is 14.8. The standard InChI is InChI=1S/C16H27NO3/c1-16(2)7-3-4-13(11-16)15(20)17-8-5-12(6-9-17)10-14(18)19/h12-13H,3-11H2,1-2H3,(H,18,19). The topological polar surface area (TPSA) is 57.6 Å². The van der Waals surface area contributed by atoms with Gasteiger partial charge in [0.1, 0.15) is 0 Å². The third-order valence-electron chi connectivity index (χ3n) is 4.94. The van der Waals surface area contributed by atoms with E-state index < -0.39 is 5.97 Å². The second kappa shape index (κ2) is 6.15. The van der Waals surface area contributed by atoms with Gasteiger partial charge >= 0.3 is 5.97 Å². The zero-order valence-corrected chi connectivity index (χ0v) is 12.7. The number of carbonyl (C=O) groups excluding carboxylic acids is 1. The van der Waals surface area contributed by atoms with Crippen LogP contribution in [-0.4, -0.2) is 35.0 Å². The molecule has 0 aromatic heterocycles. The van der Waals surface area contributed by atoms with Crippen molar-refractivity contribution < 1.29 is 14.7 Å². The summed E-state index contributed by atoms with van der Waals surface area (Å²) in [6.45, 7) is 6.00. The lowest BCUT2D eigenvalue weighted by molar-refractivity contribution is -0.140. The Morgan fingerprint density at radius 2 is 1.85 bits per heavy atom. The molecule has 4 nitrogen and oxygen atoms in total. The summed E-state index contributed by atoms with van der Waals surface area (Å²) in [6, 6.07) is 0. The summed E-state index contributed by atoms with van der Waals surface area (Å²) in [4.78, 5) is 25.3. The molecule has 1 amide bonds. The molecule has 2 rings (SSSR count). The minimum atomic E-state index is -0.719. The van der Waals surface area contributed by atoms with Gasteiger partial charge in [-0.05, 0) is 43.4 Å². The fourth-order valence-corrected chi connectivity index (χ4v) is 3.77. The van der Waals surface area contributed by atoms with Crippen LogP contribution >= 0.6 is 0 Å². The van der Waals surface area contributed by atoms with Crippen molar-refractivity contribution in [3.05, 3.63) is 0 Å². The van der Waals surface area contributed by atoms with Gasteiger partial charge in [0.25, 0.3) is 0 Å². The van der Waals surface area contributed by atoms with Crippen LogP contribution in [0.5, 0.6) is 0 Å². The molecule has 0 bridgehead atoms. The number of rotatable bonds is 3. The van der Waals surface area contributed by atoms with Crippen LogP contribution < -0.4 is 0 Å². The Morgan fingerprint density at radius 3 is 2.40 bits per heavy atom. The Balaban J connectivity index is 1.84. The van der Waals surface area contributed by atoms with Gasteiger partial charge in [-0.1, -0.05) is 20.3 Å². The maximum absolute atomic E-state index is 12.6. The number of hydrogen-bond donors (Lipinski definition) is 1. The van der Waals surface area contributed by atoms with Crippen molar-refractivity contribution in [2.24, 2.45) is 17.3 Å². The average Bonchev–Trinajstić information content (AvgIpc) is 2.37. The molecule has 0 spiro atoms. The predicted molar refractivity (Wildman–Crippen MR) is 77.3 cm³/mol. The molecule has 1 heterocycles. The van der Waals surface area contributed by atoms with Gasteiger partial charge in [-0.3, -0.25) is 9.59 Å². The molecule has 1 aliphatic heterocycles. The quantitative estimate of drug-likeness (QED) is 0.865. The van der Waals surface area contributed by atoms with E-state index in [1.165, 1.54) is 6.42 Å². The summed E-state index contributed by atoms with van der Waals surface area (Å²) in [5.74, 6) is 0.0319. The Hall–Kier alpha value is -1.06. The zero-order valence-electron chi connectivity index (χ0n) is 12.7. The van der Waals surface area contributed by atoms with Crippen LogP contribution in [0.25, 0.3) is 0 Å². The lowest BCUT2D eigenvalue weighted by Gasteiger charge is -2.39. The van der Waals surface area contributed by atoms with Crippen LogP contribution in [0.1, 0.15) is 58.8 Å². The van der Waals surface area contributed by atoms with E-state index in [1.54, 1.807) is 0 Å². The van der Waals surface area contributed by atoms with Crippen molar-refractivity contribution >= 4 is 11.9 Å². The van der Waals surface area contributed by atoms with Gasteiger partial charge in [0, 0.05) is 25.4 Å². The van der Waals surface area contributed by atoms with Gasteiger partial charge in [-0.25, -0.2) is 0 Å². The number of carbonyl (C=O) groups is 2. The number of nitrogens with zero attached hydrogens (tertiary/aromatic N) is 1. The number of hydrogen-bond acceptors (Lipinski definition) is 2. The molecule has 1 N–H and O–H groups in total. The number of aliphatic carboxylic acids is 1. The molecule has 20 heavy (non-hydrogen) atoms. The molecule has 0 radical (unpaired) electrons. The summed E-state index contributed by atoms with van der Waals surface area (Å²) in [7, 11) is 0. The number of carboxylic acids is 1. The minimum absolute atomic E-state index is 0.190. The molecule has 1 unspecified atom stereocenters. The molecule has 0 aromatic carbocycles. The van der Waals surface area contributed by atoms with Gasteiger partial charge in [0.05, 0.1) is 0 Å². The van der Waals surface area contributed by atoms with Crippen molar-refractivity contribution in [2.75, 3.05) is 13.1 Å². The van der Waals surface area contributed by atoms with E-state index in [-0.39, 0.29) is 18.3 Å². The molecule has 4 heteroatoms. The van der Waals surface area contributed by atoms with Crippen LogP contribution in [0.4, 0.5) is 0 Å². The van der Waals surface area contributed by atoms with Crippen molar-refractivity contribution in [3.8, 4) is 0 Å². The molecule has 114 valence electrons. The van der Waals surface area contributed by atoms with Crippen molar-refractivity contribution in [1.29, 1.82) is 0 Å². The van der Waals surface area contributed by atoms with Gasteiger partial charge in [0.2, 0.25) is 5.91 Å². The second-order valence-electron chi connectivity index (χ2n) is 7.32. The molecule has 2 fully saturated rings. The van der Waals surface area contributed by atoms with Crippen LogP contribution in [0.15, 0.2) is 0 Å². The van der Waals surface area contributed by atoms with Gasteiger partial charge in [-0.15, -0.1) is 0 Å². The van der Waals surface area contributed by atoms with E-state index in [1.807, 2.05) is 4.90 Å². The lowest BCUT2D eigenvalue weighted by Crippen LogP contribution is -2.44. The third-order valence-corrected chi connectivity index (χ3v) is 4.94. The van der Waals surface area contributed by atoms with Crippen LogP contribution in [0.3, 0.4) is 0 Å². The largest absolute Gasteiger partial charge is 0.481 e. The first-order valence-corrected chi connectivity index (χ1v) is 7.88. The minimum Gasteiger partial charge on any atom is -0.481 e. The van der Waals surface area contributed by atoms with Crippen molar-refractivity contribution in [1.82, 2.24) is 4.90 Å². The molecular formula is C16H27NO3. The Kier molecular flexibility index (Phi) is 4.71. The first kappa shape index (κ1) is 15.3. The molecule has 1 atom stereocenters. The highest BCUT2D eigenvalue weighted by molar-refractivity contribution is 5.79. The maximum Gasteiger partial charge on any atom is 0.303 e. The lowest BCUT2D eigenvalue weighted by atomic mass is 9.71. The predicted octanol–water partition coefficient (Wildman–Crippen LogP) is 2.92. The number of carboxylic acid groups (broad SMARTS) is 1. The average molecular weight is 281 g/mol. The molecule has 0 aromatic rings. The Bertz CT molecular complexity index is 370. The van der Waals surface area contributed by atoms with E-state index in [0.717, 1.165) is 45.2 Å². The molecular weight excluding hydrogens is 254 g/mol. The molecule has 1 saturated carbocycles. The van der Waals surface area contributed by atoms with E-state index in [4.69, 9.17) is 5.11 Å². The first-order chi connectivity index (χ1) is 9.37. The molecule has 1 aliphatic carbocycles. The molecule has 1 saturated heterocycles. The van der Waals surface area contributed by atoms with E-state index in [2.05, 4.69) is 13.8 Å². The van der Waals surface area contributed by atoms with Gasteiger partial charge < -0.3 is 10.0 Å². The molecule has 2 aliphatic rings. The highest BCUT2D eigenvalue weighted by atomic mass is 16.4. The SMILES string of the molecule is CC1(C)CCCC(C(=O)N2CCC(CC(=O)O)CC2)C1. The Morgan fingerprint density at radius 1 is 1.20 bits per heavy atom. The van der Waals surface area contributed by atoms with Crippen molar-refractivity contribution in [3.63, 3.8) is 0 Å². The highest BCUT2D eigenvalue weighted by Gasteiger charge is 2.35. The van der Waals surface area contributed by atoms with Gasteiger partial charge in [-0.2, -0.15) is 0 Å². The van der Waals surface area contributed by atoms with Crippen LogP contribution in [0, 0.1) is 17.3 Å². The fraction of sp³-hybridized carbons (Fsp3) is 0.875. The third kappa shape index (κ3) is 3.97. The number of likely N-dealkylation sites (tertiary alicyclic amines) is 1. The monoisotopic (exact) mass is 281 g/mol. The Labute approximate surface area is 121 Å². The van der Waals surface area contributed by atoms with E-state index >= 15 is 0 Å². The number of piperidine rings is 1. The maximum atomic E-state index is 12.6. The van der Waals surface area contributed by atoms with Crippen LogP contribution in [0.2, 0.25) is 0 Å².